The zero-order valence-corrected chi connectivity index (χ0v) is 15.1. The average Bonchev–Trinajstić information content (AvgIpc) is 2.91. The van der Waals surface area contributed by atoms with Crippen LogP contribution in [0.1, 0.15) is 19.4 Å². The van der Waals surface area contributed by atoms with Crippen LogP contribution in [0.5, 0.6) is 0 Å². The molecule has 0 bridgehead atoms. The summed E-state index contributed by atoms with van der Waals surface area (Å²) in [6.07, 6.45) is 1.47. The lowest BCUT2D eigenvalue weighted by atomic mass is 10.2. The molecule has 3 rings (SSSR count). The first kappa shape index (κ1) is 16.7. The van der Waals surface area contributed by atoms with Gasteiger partial charge < -0.3 is 5.32 Å². The van der Waals surface area contributed by atoms with E-state index in [0.717, 1.165) is 9.54 Å². The monoisotopic (exact) mass is 364 g/mol. The van der Waals surface area contributed by atoms with Crippen molar-refractivity contribution < 1.29 is 8.42 Å². The molecule has 0 radical (unpaired) electrons. The Hall–Kier alpha value is -2.12. The van der Waals surface area contributed by atoms with E-state index >= 15 is 0 Å². The van der Waals surface area contributed by atoms with Crippen LogP contribution >= 0.6 is 11.6 Å². The zero-order valence-electron chi connectivity index (χ0n) is 13.5. The number of hydrogen-bond donors (Lipinski definition) is 1. The van der Waals surface area contributed by atoms with E-state index in [1.54, 1.807) is 30.3 Å². The van der Waals surface area contributed by atoms with Crippen molar-refractivity contribution in [2.24, 2.45) is 0 Å². The molecule has 126 valence electrons. The second-order valence-corrected chi connectivity index (χ2v) is 7.96. The maximum Gasteiger partial charge on any atom is 0.269 e. The van der Waals surface area contributed by atoms with Crippen LogP contribution in [0.3, 0.4) is 0 Å². The van der Waals surface area contributed by atoms with Gasteiger partial charge in [-0.15, -0.1) is 0 Å². The van der Waals surface area contributed by atoms with Crippen LogP contribution in [0.2, 0.25) is 5.28 Å². The third-order valence-electron chi connectivity index (χ3n) is 3.49. The molecule has 1 N–H and O–H groups in total. The summed E-state index contributed by atoms with van der Waals surface area (Å²) in [5.74, 6) is 0.512. The van der Waals surface area contributed by atoms with Gasteiger partial charge in [-0.3, -0.25) is 0 Å². The van der Waals surface area contributed by atoms with E-state index in [4.69, 9.17) is 11.6 Å². The van der Waals surface area contributed by atoms with Crippen LogP contribution in [-0.4, -0.2) is 28.4 Å². The lowest BCUT2D eigenvalue weighted by molar-refractivity contribution is 0.588. The van der Waals surface area contributed by atoms with Crippen molar-refractivity contribution in [2.45, 2.75) is 31.7 Å². The molecular weight excluding hydrogens is 348 g/mol. The summed E-state index contributed by atoms with van der Waals surface area (Å²) in [5, 5.41) is 3.75. The molecule has 0 aliphatic rings. The van der Waals surface area contributed by atoms with Gasteiger partial charge in [0.05, 0.1) is 10.3 Å². The van der Waals surface area contributed by atoms with Crippen LogP contribution in [-0.2, 0) is 10.0 Å². The van der Waals surface area contributed by atoms with Crippen LogP contribution < -0.4 is 5.32 Å². The van der Waals surface area contributed by atoms with Gasteiger partial charge in [-0.2, -0.15) is 4.98 Å². The van der Waals surface area contributed by atoms with Crippen LogP contribution in [0.25, 0.3) is 11.0 Å². The number of nitrogens with one attached hydrogen (secondary N) is 1. The Bertz CT molecular complexity index is 995. The second-order valence-electron chi connectivity index (χ2n) is 5.81. The Morgan fingerprint density at radius 3 is 2.42 bits per heavy atom. The number of fused-ring (bicyclic) bond motifs is 1. The van der Waals surface area contributed by atoms with E-state index in [9.17, 15) is 8.42 Å². The molecule has 0 aliphatic carbocycles. The van der Waals surface area contributed by atoms with E-state index in [-0.39, 0.29) is 21.9 Å². The number of aromatic nitrogens is 3. The average molecular weight is 365 g/mol. The summed E-state index contributed by atoms with van der Waals surface area (Å²) in [4.78, 5) is 8.46. The molecule has 2 aromatic heterocycles. The molecule has 0 aliphatic heterocycles. The SMILES string of the molecule is Cc1ccc(S(=O)(=O)n2ccc3c(NC(C)C)nc(Cl)nc32)cc1. The third kappa shape index (κ3) is 2.97. The van der Waals surface area contributed by atoms with Crippen molar-refractivity contribution in [3.8, 4) is 0 Å². The highest BCUT2D eigenvalue weighted by Gasteiger charge is 2.21. The number of aryl methyl sites for hydroxylation is 1. The van der Waals surface area contributed by atoms with Gasteiger partial charge in [0.1, 0.15) is 5.82 Å². The Balaban J connectivity index is 2.20. The molecule has 0 amide bonds. The predicted molar refractivity (Wildman–Crippen MR) is 95.1 cm³/mol. The van der Waals surface area contributed by atoms with Crippen LogP contribution in [0.4, 0.5) is 5.82 Å². The van der Waals surface area contributed by atoms with Crippen molar-refractivity contribution in [1.29, 1.82) is 0 Å². The normalized spacial score (nSPS) is 12.0. The van der Waals surface area contributed by atoms with Crippen LogP contribution in [0, 0.1) is 6.92 Å². The molecule has 2 heterocycles. The lowest BCUT2D eigenvalue weighted by Crippen LogP contribution is -2.14. The smallest absolute Gasteiger partial charge is 0.269 e. The Morgan fingerprint density at radius 1 is 1.12 bits per heavy atom. The van der Waals surface area contributed by atoms with Crippen molar-refractivity contribution in [3.63, 3.8) is 0 Å². The lowest BCUT2D eigenvalue weighted by Gasteiger charge is -2.11. The number of halogens is 1. The van der Waals surface area contributed by atoms with Gasteiger partial charge in [0, 0.05) is 12.2 Å². The summed E-state index contributed by atoms with van der Waals surface area (Å²) in [7, 11) is -3.76. The first-order chi connectivity index (χ1) is 11.3. The quantitative estimate of drug-likeness (QED) is 0.717. The van der Waals surface area contributed by atoms with E-state index in [1.807, 2.05) is 20.8 Å². The topological polar surface area (TPSA) is 76.9 Å². The summed E-state index contributed by atoms with van der Waals surface area (Å²) < 4.78 is 26.9. The van der Waals surface area contributed by atoms with E-state index < -0.39 is 10.0 Å². The van der Waals surface area contributed by atoms with Crippen molar-refractivity contribution >= 4 is 38.5 Å². The first-order valence-electron chi connectivity index (χ1n) is 7.42. The van der Waals surface area contributed by atoms with Gasteiger partial charge in [0.15, 0.2) is 5.65 Å². The van der Waals surface area contributed by atoms with Gasteiger partial charge in [-0.1, -0.05) is 17.7 Å². The van der Waals surface area contributed by atoms with E-state index in [1.165, 1.54) is 6.20 Å². The number of rotatable bonds is 4. The second kappa shape index (κ2) is 6.07. The predicted octanol–water partition coefficient (Wildman–Crippen LogP) is 3.45. The fourth-order valence-corrected chi connectivity index (χ4v) is 3.83. The van der Waals surface area contributed by atoms with Crippen molar-refractivity contribution in [2.75, 3.05) is 5.32 Å². The standard InChI is InChI=1S/C16H17ClN4O2S/c1-10(2)18-14-13-8-9-21(15(13)20-16(17)19-14)24(22,23)12-6-4-11(3)5-7-12/h4-10H,1-3H3,(H,18,19,20). The van der Waals surface area contributed by atoms with E-state index in [0.29, 0.717) is 11.2 Å². The third-order valence-corrected chi connectivity index (χ3v) is 5.34. The fourth-order valence-electron chi connectivity index (χ4n) is 2.37. The van der Waals surface area contributed by atoms with Crippen LogP contribution in [0.15, 0.2) is 41.4 Å². The minimum absolute atomic E-state index is 0.00953. The number of hydrogen-bond acceptors (Lipinski definition) is 5. The minimum atomic E-state index is -3.76. The maximum atomic E-state index is 12.9. The summed E-state index contributed by atoms with van der Waals surface area (Å²) in [6.45, 7) is 5.82. The zero-order chi connectivity index (χ0) is 17.5. The van der Waals surface area contributed by atoms with Gasteiger partial charge in [-0.25, -0.2) is 17.4 Å². The molecule has 8 heteroatoms. The van der Waals surface area contributed by atoms with Crippen molar-refractivity contribution in [3.05, 3.63) is 47.4 Å². The van der Waals surface area contributed by atoms with Gasteiger partial charge in [0.2, 0.25) is 5.28 Å². The highest BCUT2D eigenvalue weighted by atomic mass is 35.5. The van der Waals surface area contributed by atoms with Gasteiger partial charge >= 0.3 is 0 Å². The number of anilines is 1. The molecule has 0 fully saturated rings. The molecule has 0 unspecified atom stereocenters. The highest BCUT2D eigenvalue weighted by molar-refractivity contribution is 7.90. The molecule has 24 heavy (non-hydrogen) atoms. The summed E-state index contributed by atoms with van der Waals surface area (Å²) in [6, 6.07) is 8.45. The molecule has 0 spiro atoms. The summed E-state index contributed by atoms with van der Waals surface area (Å²) >= 11 is 5.98. The highest BCUT2D eigenvalue weighted by Crippen LogP contribution is 2.27. The van der Waals surface area contributed by atoms with Gasteiger partial charge in [0.25, 0.3) is 10.0 Å². The molecule has 1 aromatic carbocycles. The van der Waals surface area contributed by atoms with Gasteiger partial charge in [-0.05, 0) is 50.6 Å². The first-order valence-corrected chi connectivity index (χ1v) is 9.24. The molecule has 0 saturated carbocycles. The molecule has 0 saturated heterocycles. The Kier molecular flexibility index (Phi) is 4.23. The Morgan fingerprint density at radius 2 is 1.79 bits per heavy atom. The number of benzene rings is 1. The largest absolute Gasteiger partial charge is 0.367 e. The minimum Gasteiger partial charge on any atom is -0.367 e. The maximum absolute atomic E-state index is 12.9. The van der Waals surface area contributed by atoms with E-state index in [2.05, 4.69) is 15.3 Å². The molecule has 6 nitrogen and oxygen atoms in total. The Labute approximate surface area is 145 Å². The number of nitrogens with zero attached hydrogens (tertiary/aromatic N) is 3. The summed E-state index contributed by atoms with van der Waals surface area (Å²) in [5.41, 5.74) is 1.24. The molecule has 3 aromatic rings. The molecular formula is C16H17ClN4O2S. The fraction of sp³-hybridized carbons (Fsp3) is 0.250. The van der Waals surface area contributed by atoms with Crippen molar-refractivity contribution in [1.82, 2.24) is 13.9 Å². The molecule has 0 atom stereocenters.